The number of hydrogen-bond acceptors (Lipinski definition) is 4. The first kappa shape index (κ1) is 14.0. The van der Waals surface area contributed by atoms with Gasteiger partial charge in [-0.05, 0) is 43.3 Å². The largest absolute Gasteiger partial charge is 0.334 e. The van der Waals surface area contributed by atoms with Gasteiger partial charge in [0.1, 0.15) is 0 Å². The molecule has 106 valence electrons. The van der Waals surface area contributed by atoms with Crippen LogP contribution in [0.25, 0.3) is 5.69 Å². The lowest BCUT2D eigenvalue weighted by atomic mass is 10.1. The number of nitrogens with one attached hydrogen (secondary N) is 2. The summed E-state index contributed by atoms with van der Waals surface area (Å²) in [5, 5.41) is 17.0. The molecule has 0 bridgehead atoms. The molecule has 2 amide bonds. The standard InChI is InChI=1S/C13H18N6O/c1-13(2,3)15-12(20)14-9-11-16-17-18-19(11)10-7-5-4-6-8-10/h4-8H,9H2,1-3H3,(H2,14,15,20). The summed E-state index contributed by atoms with van der Waals surface area (Å²) < 4.78 is 1.59. The highest BCUT2D eigenvalue weighted by atomic mass is 16.2. The van der Waals surface area contributed by atoms with Gasteiger partial charge in [-0.3, -0.25) is 0 Å². The highest BCUT2D eigenvalue weighted by Gasteiger charge is 2.14. The van der Waals surface area contributed by atoms with Crippen molar-refractivity contribution in [2.75, 3.05) is 0 Å². The molecule has 2 N–H and O–H groups in total. The van der Waals surface area contributed by atoms with Crippen molar-refractivity contribution in [2.45, 2.75) is 32.9 Å². The zero-order valence-corrected chi connectivity index (χ0v) is 11.8. The fourth-order valence-electron chi connectivity index (χ4n) is 1.63. The zero-order valence-electron chi connectivity index (χ0n) is 11.8. The van der Waals surface area contributed by atoms with Crippen LogP contribution in [0.3, 0.4) is 0 Å². The van der Waals surface area contributed by atoms with E-state index in [9.17, 15) is 4.79 Å². The number of tetrazole rings is 1. The average Bonchev–Trinajstić information content (AvgIpc) is 2.83. The second-order valence-corrected chi connectivity index (χ2v) is 5.40. The van der Waals surface area contributed by atoms with Crippen molar-refractivity contribution >= 4 is 6.03 Å². The highest BCUT2D eigenvalue weighted by Crippen LogP contribution is 2.06. The van der Waals surface area contributed by atoms with E-state index >= 15 is 0 Å². The van der Waals surface area contributed by atoms with Gasteiger partial charge in [-0.1, -0.05) is 18.2 Å². The number of carbonyl (C=O) groups excluding carboxylic acids is 1. The van der Waals surface area contributed by atoms with Crippen LogP contribution in [0.5, 0.6) is 0 Å². The Kier molecular flexibility index (Phi) is 3.97. The van der Waals surface area contributed by atoms with E-state index in [1.807, 2.05) is 51.1 Å². The summed E-state index contributed by atoms with van der Waals surface area (Å²) in [5.74, 6) is 0.570. The van der Waals surface area contributed by atoms with Crippen molar-refractivity contribution in [1.29, 1.82) is 0 Å². The van der Waals surface area contributed by atoms with E-state index in [1.165, 1.54) is 0 Å². The monoisotopic (exact) mass is 274 g/mol. The van der Waals surface area contributed by atoms with Gasteiger partial charge in [-0.25, -0.2) is 4.79 Å². The SMILES string of the molecule is CC(C)(C)NC(=O)NCc1nnnn1-c1ccccc1. The quantitative estimate of drug-likeness (QED) is 0.882. The molecule has 1 aromatic heterocycles. The first-order valence-electron chi connectivity index (χ1n) is 6.34. The van der Waals surface area contributed by atoms with Crippen LogP contribution in [-0.4, -0.2) is 31.8 Å². The molecule has 0 aliphatic rings. The Morgan fingerprint density at radius 2 is 1.95 bits per heavy atom. The molecule has 2 aromatic rings. The molecule has 0 saturated carbocycles. The van der Waals surface area contributed by atoms with Crippen LogP contribution in [-0.2, 0) is 6.54 Å². The molecule has 20 heavy (non-hydrogen) atoms. The number of carbonyl (C=O) groups is 1. The van der Waals surface area contributed by atoms with Gasteiger partial charge >= 0.3 is 6.03 Å². The van der Waals surface area contributed by atoms with Gasteiger partial charge in [-0.2, -0.15) is 4.68 Å². The Morgan fingerprint density at radius 1 is 1.25 bits per heavy atom. The third-order valence-corrected chi connectivity index (χ3v) is 2.43. The predicted octanol–water partition coefficient (Wildman–Crippen LogP) is 1.26. The Labute approximate surface area is 117 Å². The van der Waals surface area contributed by atoms with Gasteiger partial charge in [0.05, 0.1) is 12.2 Å². The average molecular weight is 274 g/mol. The molecule has 0 atom stereocenters. The molecule has 0 fully saturated rings. The zero-order chi connectivity index (χ0) is 14.6. The van der Waals surface area contributed by atoms with Crippen molar-refractivity contribution in [1.82, 2.24) is 30.8 Å². The fraction of sp³-hybridized carbons (Fsp3) is 0.385. The third-order valence-electron chi connectivity index (χ3n) is 2.43. The lowest BCUT2D eigenvalue weighted by molar-refractivity contribution is 0.231. The molecule has 2 rings (SSSR count). The summed E-state index contributed by atoms with van der Waals surface area (Å²) >= 11 is 0. The number of rotatable bonds is 3. The number of urea groups is 1. The van der Waals surface area contributed by atoms with E-state index in [0.717, 1.165) is 5.69 Å². The van der Waals surface area contributed by atoms with E-state index in [1.54, 1.807) is 4.68 Å². The van der Waals surface area contributed by atoms with Crippen LogP contribution in [0.2, 0.25) is 0 Å². The van der Waals surface area contributed by atoms with E-state index in [-0.39, 0.29) is 18.1 Å². The first-order chi connectivity index (χ1) is 9.46. The summed E-state index contributed by atoms with van der Waals surface area (Å²) in [7, 11) is 0. The number of amides is 2. The summed E-state index contributed by atoms with van der Waals surface area (Å²) in [6.07, 6.45) is 0. The molecule has 0 spiro atoms. The number of hydrogen-bond donors (Lipinski definition) is 2. The lowest BCUT2D eigenvalue weighted by Gasteiger charge is -2.20. The number of para-hydroxylation sites is 1. The summed E-state index contributed by atoms with van der Waals surface area (Å²) in [6.45, 7) is 6.01. The van der Waals surface area contributed by atoms with Crippen molar-refractivity contribution in [3.63, 3.8) is 0 Å². The Bertz CT molecular complexity index is 572. The molecule has 1 heterocycles. The van der Waals surface area contributed by atoms with Crippen molar-refractivity contribution in [3.05, 3.63) is 36.2 Å². The van der Waals surface area contributed by atoms with Gasteiger partial charge in [-0.15, -0.1) is 5.10 Å². The summed E-state index contributed by atoms with van der Waals surface area (Å²) in [5.41, 5.74) is 0.570. The maximum atomic E-state index is 11.7. The van der Waals surface area contributed by atoms with Gasteiger partial charge in [0.25, 0.3) is 0 Å². The minimum Gasteiger partial charge on any atom is -0.334 e. The molecular weight excluding hydrogens is 256 g/mol. The maximum Gasteiger partial charge on any atom is 0.315 e. The van der Waals surface area contributed by atoms with Crippen molar-refractivity contribution in [3.8, 4) is 5.69 Å². The van der Waals surface area contributed by atoms with Gasteiger partial charge < -0.3 is 10.6 Å². The summed E-state index contributed by atoms with van der Waals surface area (Å²) in [6, 6.07) is 9.27. The topological polar surface area (TPSA) is 84.7 Å². The van der Waals surface area contributed by atoms with Crippen LogP contribution < -0.4 is 10.6 Å². The minimum absolute atomic E-state index is 0.250. The molecule has 0 unspecified atom stereocenters. The van der Waals surface area contributed by atoms with Crippen LogP contribution in [0.1, 0.15) is 26.6 Å². The molecule has 1 aromatic carbocycles. The molecule has 0 aliphatic heterocycles. The van der Waals surface area contributed by atoms with Crippen molar-refractivity contribution in [2.24, 2.45) is 0 Å². The highest BCUT2D eigenvalue weighted by molar-refractivity contribution is 5.74. The minimum atomic E-state index is -0.282. The Balaban J connectivity index is 2.02. The fourth-order valence-corrected chi connectivity index (χ4v) is 1.63. The second kappa shape index (κ2) is 5.68. The van der Waals surface area contributed by atoms with Crippen LogP contribution >= 0.6 is 0 Å². The molecule has 0 aliphatic carbocycles. The number of benzene rings is 1. The van der Waals surface area contributed by atoms with E-state index < -0.39 is 0 Å². The third kappa shape index (κ3) is 3.78. The number of aromatic nitrogens is 4. The van der Waals surface area contributed by atoms with E-state index in [2.05, 4.69) is 26.2 Å². The van der Waals surface area contributed by atoms with Crippen LogP contribution in [0.15, 0.2) is 30.3 Å². The Hall–Kier alpha value is -2.44. The molecule has 0 saturated heterocycles. The lowest BCUT2D eigenvalue weighted by Crippen LogP contribution is -2.46. The van der Waals surface area contributed by atoms with Gasteiger partial charge in [0, 0.05) is 5.54 Å². The maximum absolute atomic E-state index is 11.7. The molecular formula is C13H18N6O. The van der Waals surface area contributed by atoms with Crippen LogP contribution in [0.4, 0.5) is 4.79 Å². The number of nitrogens with zero attached hydrogens (tertiary/aromatic N) is 4. The van der Waals surface area contributed by atoms with Crippen LogP contribution in [0, 0.1) is 0 Å². The normalized spacial score (nSPS) is 11.2. The van der Waals surface area contributed by atoms with E-state index in [0.29, 0.717) is 5.82 Å². The molecule has 7 nitrogen and oxygen atoms in total. The van der Waals surface area contributed by atoms with Gasteiger partial charge in [0.15, 0.2) is 5.82 Å². The molecule has 0 radical (unpaired) electrons. The first-order valence-corrected chi connectivity index (χ1v) is 6.34. The smallest absolute Gasteiger partial charge is 0.315 e. The van der Waals surface area contributed by atoms with E-state index in [4.69, 9.17) is 0 Å². The predicted molar refractivity (Wildman–Crippen MR) is 74.3 cm³/mol. The Morgan fingerprint density at radius 3 is 2.60 bits per heavy atom. The second-order valence-electron chi connectivity index (χ2n) is 5.40. The van der Waals surface area contributed by atoms with Crippen molar-refractivity contribution < 1.29 is 4.79 Å². The summed E-state index contributed by atoms with van der Waals surface area (Å²) in [4.78, 5) is 11.7. The molecule has 7 heteroatoms. The van der Waals surface area contributed by atoms with Gasteiger partial charge in [0.2, 0.25) is 0 Å².